The smallest absolute Gasteiger partial charge is 0.269 e. The first-order valence-electron chi connectivity index (χ1n) is 8.93. The van der Waals surface area contributed by atoms with Crippen LogP contribution in [0.1, 0.15) is 28.5 Å². The average molecular weight is 396 g/mol. The normalized spacial score (nSPS) is 15.6. The summed E-state index contributed by atoms with van der Waals surface area (Å²) in [5.74, 6) is 1.26. The molecule has 1 atom stereocenters. The highest BCUT2D eigenvalue weighted by atomic mass is 32.1. The maximum Gasteiger partial charge on any atom is 0.269 e. The van der Waals surface area contributed by atoms with E-state index in [2.05, 4.69) is 15.6 Å². The fraction of sp³-hybridized carbons (Fsp3) is 0.250. The van der Waals surface area contributed by atoms with Crippen LogP contribution in [0.25, 0.3) is 11.4 Å². The first kappa shape index (κ1) is 18.2. The van der Waals surface area contributed by atoms with Gasteiger partial charge in [0.25, 0.3) is 5.91 Å². The van der Waals surface area contributed by atoms with E-state index in [-0.39, 0.29) is 24.3 Å². The molecule has 1 aliphatic rings. The Morgan fingerprint density at radius 1 is 1.36 bits per heavy atom. The van der Waals surface area contributed by atoms with Gasteiger partial charge in [-0.1, -0.05) is 12.1 Å². The van der Waals surface area contributed by atoms with Crippen LogP contribution in [0.5, 0.6) is 5.75 Å². The fourth-order valence-electron chi connectivity index (χ4n) is 3.29. The van der Waals surface area contributed by atoms with Crippen LogP contribution in [-0.2, 0) is 11.3 Å². The van der Waals surface area contributed by atoms with Gasteiger partial charge in [0, 0.05) is 30.5 Å². The zero-order valence-corrected chi connectivity index (χ0v) is 16.2. The molecule has 144 valence electrons. The number of imidazole rings is 1. The highest BCUT2D eigenvalue weighted by Crippen LogP contribution is 2.29. The summed E-state index contributed by atoms with van der Waals surface area (Å²) in [5, 5.41) is 9.75. The van der Waals surface area contributed by atoms with Gasteiger partial charge in [-0.05, 0) is 29.1 Å². The molecule has 7 nitrogen and oxygen atoms in total. The van der Waals surface area contributed by atoms with Crippen molar-refractivity contribution in [2.75, 3.05) is 13.7 Å². The zero-order valence-electron chi connectivity index (χ0n) is 15.3. The minimum absolute atomic E-state index is 0.0760. The molecule has 0 saturated heterocycles. The third kappa shape index (κ3) is 3.63. The summed E-state index contributed by atoms with van der Waals surface area (Å²) in [4.78, 5) is 29.1. The second-order valence-electron chi connectivity index (χ2n) is 6.54. The molecule has 1 unspecified atom stereocenters. The van der Waals surface area contributed by atoms with Crippen LogP contribution < -0.4 is 15.4 Å². The average Bonchev–Trinajstić information content (AvgIpc) is 3.39. The van der Waals surface area contributed by atoms with Gasteiger partial charge in [0.1, 0.15) is 17.3 Å². The minimum atomic E-state index is -0.180. The first-order chi connectivity index (χ1) is 13.7. The Hall–Kier alpha value is -3.13. The lowest BCUT2D eigenvalue weighted by Gasteiger charge is -2.27. The third-order valence-corrected chi connectivity index (χ3v) is 5.43. The number of methoxy groups -OCH3 is 1. The van der Waals surface area contributed by atoms with E-state index in [1.54, 1.807) is 24.6 Å². The van der Waals surface area contributed by atoms with Crippen LogP contribution in [0.3, 0.4) is 0 Å². The van der Waals surface area contributed by atoms with Gasteiger partial charge in [0.05, 0.1) is 19.3 Å². The zero-order chi connectivity index (χ0) is 19.5. The van der Waals surface area contributed by atoms with Gasteiger partial charge < -0.3 is 19.9 Å². The predicted octanol–water partition coefficient (Wildman–Crippen LogP) is 2.61. The second kappa shape index (κ2) is 7.85. The number of aromatic nitrogens is 2. The van der Waals surface area contributed by atoms with Crippen molar-refractivity contribution in [3.8, 4) is 17.1 Å². The molecule has 28 heavy (non-hydrogen) atoms. The van der Waals surface area contributed by atoms with Crippen LogP contribution in [0.2, 0.25) is 0 Å². The maximum atomic E-state index is 12.5. The van der Waals surface area contributed by atoms with Crippen LogP contribution in [0.15, 0.2) is 47.3 Å². The number of benzene rings is 1. The number of nitrogens with zero attached hydrogens (tertiary/aromatic N) is 2. The Balaban J connectivity index is 1.46. The van der Waals surface area contributed by atoms with E-state index in [1.165, 1.54) is 0 Å². The minimum Gasteiger partial charge on any atom is -0.497 e. The Bertz CT molecular complexity index is 980. The number of thiophene rings is 1. The highest BCUT2D eigenvalue weighted by molar-refractivity contribution is 7.08. The summed E-state index contributed by atoms with van der Waals surface area (Å²) >= 11 is 1.57. The number of hydrogen-bond donors (Lipinski definition) is 2. The van der Waals surface area contributed by atoms with Crippen molar-refractivity contribution in [1.82, 2.24) is 20.2 Å². The Morgan fingerprint density at radius 2 is 2.18 bits per heavy atom. The summed E-state index contributed by atoms with van der Waals surface area (Å²) in [6.45, 7) is 0.839. The van der Waals surface area contributed by atoms with Crippen molar-refractivity contribution in [2.45, 2.75) is 19.0 Å². The Labute approximate surface area is 166 Å². The van der Waals surface area contributed by atoms with Crippen LogP contribution in [0.4, 0.5) is 0 Å². The number of rotatable bonds is 6. The fourth-order valence-corrected chi connectivity index (χ4v) is 3.92. The van der Waals surface area contributed by atoms with E-state index in [1.807, 2.05) is 45.7 Å². The van der Waals surface area contributed by atoms with Crippen molar-refractivity contribution in [2.24, 2.45) is 0 Å². The van der Waals surface area contributed by atoms with Crippen molar-refractivity contribution in [1.29, 1.82) is 0 Å². The van der Waals surface area contributed by atoms with Crippen LogP contribution >= 0.6 is 11.3 Å². The number of amides is 2. The molecule has 0 fully saturated rings. The molecule has 8 heteroatoms. The molecule has 0 spiro atoms. The highest BCUT2D eigenvalue weighted by Gasteiger charge is 2.30. The molecule has 0 radical (unpaired) electrons. The molecule has 2 aromatic heterocycles. The Kier molecular flexibility index (Phi) is 5.12. The molecule has 2 N–H and O–H groups in total. The molecule has 0 bridgehead atoms. The van der Waals surface area contributed by atoms with Gasteiger partial charge in [-0.3, -0.25) is 9.59 Å². The van der Waals surface area contributed by atoms with Gasteiger partial charge in [0.15, 0.2) is 0 Å². The molecule has 1 aromatic carbocycles. The summed E-state index contributed by atoms with van der Waals surface area (Å²) in [5.41, 5.74) is 2.43. The largest absolute Gasteiger partial charge is 0.497 e. The topological polar surface area (TPSA) is 85.2 Å². The van der Waals surface area contributed by atoms with Gasteiger partial charge in [-0.15, -0.1) is 0 Å². The van der Waals surface area contributed by atoms with E-state index in [9.17, 15) is 9.59 Å². The molecule has 0 aliphatic carbocycles. The number of fused-ring (bicyclic) bond motifs is 1. The quantitative estimate of drug-likeness (QED) is 0.671. The van der Waals surface area contributed by atoms with Gasteiger partial charge in [-0.2, -0.15) is 11.3 Å². The summed E-state index contributed by atoms with van der Waals surface area (Å²) in [7, 11) is 1.62. The van der Waals surface area contributed by atoms with Gasteiger partial charge in [0.2, 0.25) is 5.91 Å². The van der Waals surface area contributed by atoms with Crippen molar-refractivity contribution < 1.29 is 14.3 Å². The second-order valence-corrected chi connectivity index (χ2v) is 7.32. The van der Waals surface area contributed by atoms with Crippen molar-refractivity contribution in [3.63, 3.8) is 0 Å². The standard InChI is InChI=1S/C20H20N4O3S/c1-27-16-4-2-13(3-5-16)9-21-18(25)8-15-10-23-20(26)17-11-22-19(24(15)17)14-6-7-28-12-14/h2-7,11-12,15H,8-10H2,1H3,(H,21,25)(H,23,26). The van der Waals surface area contributed by atoms with E-state index in [4.69, 9.17) is 4.74 Å². The van der Waals surface area contributed by atoms with E-state index in [0.29, 0.717) is 18.8 Å². The molecule has 0 saturated carbocycles. The molecule has 4 rings (SSSR count). The molecule has 3 aromatic rings. The lowest BCUT2D eigenvalue weighted by atomic mass is 10.1. The molecule has 3 heterocycles. The summed E-state index contributed by atoms with van der Waals surface area (Å²) < 4.78 is 7.02. The van der Waals surface area contributed by atoms with E-state index in [0.717, 1.165) is 22.7 Å². The number of carbonyl (C=O) groups excluding carboxylic acids is 2. The van der Waals surface area contributed by atoms with Gasteiger partial charge >= 0.3 is 0 Å². The summed E-state index contributed by atoms with van der Waals surface area (Å²) in [6.07, 6.45) is 1.83. The summed E-state index contributed by atoms with van der Waals surface area (Å²) in [6, 6.07) is 9.35. The van der Waals surface area contributed by atoms with Crippen LogP contribution in [-0.4, -0.2) is 35.0 Å². The lowest BCUT2D eigenvalue weighted by molar-refractivity contribution is -0.122. The van der Waals surface area contributed by atoms with Crippen molar-refractivity contribution in [3.05, 3.63) is 58.5 Å². The van der Waals surface area contributed by atoms with Gasteiger partial charge in [-0.25, -0.2) is 4.98 Å². The molecular weight excluding hydrogens is 376 g/mol. The van der Waals surface area contributed by atoms with E-state index >= 15 is 0 Å². The SMILES string of the molecule is COc1ccc(CNC(=O)CC2CNC(=O)c3cnc(-c4ccsc4)n32)cc1. The molecule has 1 aliphatic heterocycles. The maximum absolute atomic E-state index is 12.5. The molecular formula is C20H20N4O3S. The first-order valence-corrected chi connectivity index (χ1v) is 9.87. The Morgan fingerprint density at radius 3 is 2.89 bits per heavy atom. The third-order valence-electron chi connectivity index (χ3n) is 4.74. The number of hydrogen-bond acceptors (Lipinski definition) is 5. The number of ether oxygens (including phenoxy) is 1. The number of carbonyl (C=O) groups is 2. The van der Waals surface area contributed by atoms with E-state index < -0.39 is 0 Å². The monoisotopic (exact) mass is 396 g/mol. The predicted molar refractivity (Wildman–Crippen MR) is 106 cm³/mol. The number of nitrogens with one attached hydrogen (secondary N) is 2. The lowest BCUT2D eigenvalue weighted by Crippen LogP contribution is -2.41. The van der Waals surface area contributed by atoms with Crippen LogP contribution in [0, 0.1) is 0 Å². The molecule has 2 amide bonds. The van der Waals surface area contributed by atoms with Crippen molar-refractivity contribution >= 4 is 23.2 Å².